The van der Waals surface area contributed by atoms with Gasteiger partial charge in [-0.2, -0.15) is 0 Å². The van der Waals surface area contributed by atoms with Gasteiger partial charge in [-0.3, -0.25) is 14.4 Å². The van der Waals surface area contributed by atoms with Crippen molar-refractivity contribution in [3.05, 3.63) is 48.6 Å². The molecule has 6 heteroatoms. The van der Waals surface area contributed by atoms with Crippen molar-refractivity contribution in [3.8, 4) is 0 Å². The first-order valence-corrected chi connectivity index (χ1v) is 26.1. The van der Waals surface area contributed by atoms with Gasteiger partial charge < -0.3 is 14.2 Å². The number of hydrogen-bond donors (Lipinski definition) is 0. The summed E-state index contributed by atoms with van der Waals surface area (Å²) >= 11 is 0. The molecule has 0 fully saturated rings. The SMILES string of the molecule is CC/C=C\C/C=C\CCCCCCCC(=O)OCC(COC(=O)CCCCCCCCC/C=C\C/C=C\CCCCC)OC(=O)CCCCCCCCCCCCCCCC. The third kappa shape index (κ3) is 48.3. The van der Waals surface area contributed by atoms with Gasteiger partial charge in [0.1, 0.15) is 13.2 Å². The minimum atomic E-state index is -0.778. The van der Waals surface area contributed by atoms with Crippen molar-refractivity contribution in [3.63, 3.8) is 0 Å². The molecule has 0 heterocycles. The van der Waals surface area contributed by atoms with Gasteiger partial charge in [0.05, 0.1) is 0 Å². The smallest absolute Gasteiger partial charge is 0.306 e. The zero-order valence-corrected chi connectivity index (χ0v) is 40.4. The lowest BCUT2D eigenvalue weighted by Crippen LogP contribution is -2.30. The largest absolute Gasteiger partial charge is 0.462 e. The van der Waals surface area contributed by atoms with Crippen LogP contribution in [0.4, 0.5) is 0 Å². The van der Waals surface area contributed by atoms with Gasteiger partial charge in [-0.25, -0.2) is 0 Å². The molecule has 1 atom stereocenters. The predicted molar refractivity (Wildman–Crippen MR) is 261 cm³/mol. The van der Waals surface area contributed by atoms with Crippen molar-refractivity contribution in [1.29, 1.82) is 0 Å². The molecule has 0 N–H and O–H groups in total. The Hall–Kier alpha value is -2.63. The molecule has 0 aromatic carbocycles. The maximum absolute atomic E-state index is 12.8. The molecule has 354 valence electrons. The third-order valence-corrected chi connectivity index (χ3v) is 11.3. The topological polar surface area (TPSA) is 78.9 Å². The lowest BCUT2D eigenvalue weighted by molar-refractivity contribution is -0.167. The van der Waals surface area contributed by atoms with Crippen molar-refractivity contribution in [2.24, 2.45) is 0 Å². The Morgan fingerprint density at radius 3 is 1.02 bits per heavy atom. The molecule has 0 aromatic heterocycles. The monoisotopic (exact) mass is 855 g/mol. The second-order valence-corrected chi connectivity index (χ2v) is 17.4. The first-order chi connectivity index (χ1) is 30.0. The van der Waals surface area contributed by atoms with E-state index in [9.17, 15) is 14.4 Å². The van der Waals surface area contributed by atoms with Gasteiger partial charge in [0.25, 0.3) is 0 Å². The van der Waals surface area contributed by atoms with Gasteiger partial charge in [0.15, 0.2) is 6.10 Å². The van der Waals surface area contributed by atoms with E-state index in [-0.39, 0.29) is 31.1 Å². The first kappa shape index (κ1) is 58.4. The summed E-state index contributed by atoms with van der Waals surface area (Å²) in [6.07, 6.45) is 59.5. The van der Waals surface area contributed by atoms with Crippen molar-refractivity contribution < 1.29 is 28.6 Å². The third-order valence-electron chi connectivity index (χ3n) is 11.3. The molecule has 0 aliphatic heterocycles. The van der Waals surface area contributed by atoms with Crippen LogP contribution < -0.4 is 0 Å². The molecule has 61 heavy (non-hydrogen) atoms. The molecule has 0 saturated heterocycles. The summed E-state index contributed by atoms with van der Waals surface area (Å²) < 4.78 is 16.8. The molecule has 0 aliphatic carbocycles. The number of esters is 3. The van der Waals surface area contributed by atoms with E-state index in [1.165, 1.54) is 128 Å². The Labute approximate surface area is 378 Å². The zero-order valence-electron chi connectivity index (χ0n) is 40.4. The fourth-order valence-electron chi connectivity index (χ4n) is 7.39. The highest BCUT2D eigenvalue weighted by Gasteiger charge is 2.19. The number of ether oxygens (including phenoxy) is 3. The molecule has 0 bridgehead atoms. The summed E-state index contributed by atoms with van der Waals surface area (Å²) in [5.41, 5.74) is 0. The number of hydrogen-bond acceptors (Lipinski definition) is 6. The summed E-state index contributed by atoms with van der Waals surface area (Å²) in [5, 5.41) is 0. The lowest BCUT2D eigenvalue weighted by Gasteiger charge is -2.18. The number of unbranched alkanes of at least 4 members (excludes halogenated alkanes) is 28. The Bertz CT molecular complexity index is 1070. The van der Waals surface area contributed by atoms with Crippen LogP contribution in [0.3, 0.4) is 0 Å². The highest BCUT2D eigenvalue weighted by molar-refractivity contribution is 5.71. The maximum Gasteiger partial charge on any atom is 0.306 e. The molecule has 6 nitrogen and oxygen atoms in total. The average molecular weight is 855 g/mol. The van der Waals surface area contributed by atoms with Crippen LogP contribution in [-0.4, -0.2) is 37.2 Å². The van der Waals surface area contributed by atoms with E-state index in [0.717, 1.165) is 96.3 Å². The minimum absolute atomic E-state index is 0.0797. The molecular weight excluding hydrogens is 757 g/mol. The van der Waals surface area contributed by atoms with Crippen LogP contribution in [0, 0.1) is 0 Å². The van der Waals surface area contributed by atoms with Gasteiger partial charge in [-0.1, -0.05) is 217 Å². The molecule has 1 unspecified atom stereocenters. The molecular formula is C55H98O6. The Balaban J connectivity index is 4.36. The first-order valence-electron chi connectivity index (χ1n) is 26.1. The quantitative estimate of drug-likeness (QED) is 0.0263. The lowest BCUT2D eigenvalue weighted by atomic mass is 10.0. The van der Waals surface area contributed by atoms with Crippen molar-refractivity contribution in [2.45, 2.75) is 271 Å². The Kier molecular flexibility index (Phi) is 47.9. The number of rotatable bonds is 47. The molecule has 0 amide bonds. The van der Waals surface area contributed by atoms with E-state index in [1.54, 1.807) is 0 Å². The summed E-state index contributed by atoms with van der Waals surface area (Å²) in [5.74, 6) is -0.893. The Morgan fingerprint density at radius 2 is 0.639 bits per heavy atom. The van der Waals surface area contributed by atoms with Crippen LogP contribution in [0.5, 0.6) is 0 Å². The second-order valence-electron chi connectivity index (χ2n) is 17.4. The normalized spacial score (nSPS) is 12.4. The summed E-state index contributed by atoms with van der Waals surface area (Å²) in [7, 11) is 0. The summed E-state index contributed by atoms with van der Waals surface area (Å²) in [6.45, 7) is 6.50. The van der Waals surface area contributed by atoms with Crippen LogP contribution in [0.2, 0.25) is 0 Å². The van der Waals surface area contributed by atoms with Crippen molar-refractivity contribution >= 4 is 17.9 Å². The van der Waals surface area contributed by atoms with Gasteiger partial charge in [-0.15, -0.1) is 0 Å². The van der Waals surface area contributed by atoms with Gasteiger partial charge in [-0.05, 0) is 77.0 Å². The molecule has 0 saturated carbocycles. The molecule has 0 radical (unpaired) electrons. The van der Waals surface area contributed by atoms with Gasteiger partial charge in [0, 0.05) is 19.3 Å². The fraction of sp³-hybridized carbons (Fsp3) is 0.800. The molecule has 0 rings (SSSR count). The van der Waals surface area contributed by atoms with E-state index >= 15 is 0 Å². The fourth-order valence-corrected chi connectivity index (χ4v) is 7.39. The van der Waals surface area contributed by atoms with E-state index < -0.39 is 6.10 Å². The van der Waals surface area contributed by atoms with Crippen LogP contribution in [0.25, 0.3) is 0 Å². The summed E-state index contributed by atoms with van der Waals surface area (Å²) in [4.78, 5) is 38.0. The predicted octanol–water partition coefficient (Wildman–Crippen LogP) is 17.1. The van der Waals surface area contributed by atoms with Gasteiger partial charge >= 0.3 is 17.9 Å². The zero-order chi connectivity index (χ0) is 44.4. The Morgan fingerprint density at radius 1 is 0.344 bits per heavy atom. The van der Waals surface area contributed by atoms with Crippen LogP contribution in [0.1, 0.15) is 265 Å². The van der Waals surface area contributed by atoms with Crippen molar-refractivity contribution in [2.75, 3.05) is 13.2 Å². The van der Waals surface area contributed by atoms with Crippen LogP contribution >= 0.6 is 0 Å². The van der Waals surface area contributed by atoms with E-state index in [2.05, 4.69) is 69.4 Å². The molecule has 0 aliphatic rings. The maximum atomic E-state index is 12.8. The van der Waals surface area contributed by atoms with E-state index in [1.807, 2.05) is 0 Å². The van der Waals surface area contributed by atoms with Crippen molar-refractivity contribution in [1.82, 2.24) is 0 Å². The number of carbonyl (C=O) groups excluding carboxylic acids is 3. The summed E-state index contributed by atoms with van der Waals surface area (Å²) in [6, 6.07) is 0. The molecule has 0 spiro atoms. The highest BCUT2D eigenvalue weighted by Crippen LogP contribution is 2.15. The second kappa shape index (κ2) is 50.0. The van der Waals surface area contributed by atoms with Crippen LogP contribution in [0.15, 0.2) is 48.6 Å². The standard InChI is InChI=1S/C55H98O6/c1-4-7-10-13-16-19-22-25-27-28-29-31-33-36-39-42-45-48-54(57)60-51-52(50-59-53(56)47-44-41-38-35-32-24-21-18-15-12-9-6-3)61-55(58)49-46-43-40-37-34-30-26-23-20-17-14-11-8-5-2/h9,12,16,18-19,21,25,27,52H,4-8,10-11,13-15,17,20,22-24,26,28-51H2,1-3H3/b12-9-,19-16-,21-18-,27-25-. The number of allylic oxidation sites excluding steroid dienone is 8. The number of carbonyl (C=O) groups is 3. The van der Waals surface area contributed by atoms with Crippen LogP contribution in [-0.2, 0) is 28.6 Å². The van der Waals surface area contributed by atoms with E-state index in [0.29, 0.717) is 19.3 Å². The molecule has 0 aromatic rings. The minimum Gasteiger partial charge on any atom is -0.462 e. The van der Waals surface area contributed by atoms with E-state index in [4.69, 9.17) is 14.2 Å². The van der Waals surface area contributed by atoms with Gasteiger partial charge in [0.2, 0.25) is 0 Å². The highest BCUT2D eigenvalue weighted by atomic mass is 16.6. The average Bonchev–Trinajstić information content (AvgIpc) is 3.26.